The zero-order chi connectivity index (χ0) is 14.5. The Balaban J connectivity index is 2.22. The van der Waals surface area contributed by atoms with Crippen LogP contribution in [0.15, 0.2) is 18.2 Å². The minimum Gasteiger partial charge on any atom is -0.493 e. The monoisotopic (exact) mass is 280 g/mol. The van der Waals surface area contributed by atoms with E-state index in [1.165, 1.54) is 14.2 Å². The minimum absolute atomic E-state index is 0.0156. The van der Waals surface area contributed by atoms with E-state index in [1.807, 2.05) is 0 Å². The molecule has 0 radical (unpaired) electrons. The van der Waals surface area contributed by atoms with E-state index in [-0.39, 0.29) is 12.2 Å². The predicted octanol–water partition coefficient (Wildman–Crippen LogP) is 2.16. The highest BCUT2D eigenvalue weighted by Gasteiger charge is 2.25. The summed E-state index contributed by atoms with van der Waals surface area (Å²) >= 11 is 0. The third-order valence-corrected chi connectivity index (χ3v) is 3.53. The highest BCUT2D eigenvalue weighted by atomic mass is 16.5. The second-order valence-electron chi connectivity index (χ2n) is 4.88. The van der Waals surface area contributed by atoms with Gasteiger partial charge >= 0.3 is 5.97 Å². The smallest absolute Gasteiger partial charge is 0.341 e. The molecule has 0 bridgehead atoms. The van der Waals surface area contributed by atoms with Gasteiger partial charge in [0.05, 0.1) is 26.4 Å². The molecular weight excluding hydrogens is 260 g/mol. The molecule has 1 aliphatic rings. The van der Waals surface area contributed by atoms with Gasteiger partial charge in [-0.15, -0.1) is 0 Å². The lowest BCUT2D eigenvalue weighted by Crippen LogP contribution is -2.27. The average molecular weight is 280 g/mol. The van der Waals surface area contributed by atoms with Gasteiger partial charge in [0.15, 0.2) is 11.5 Å². The van der Waals surface area contributed by atoms with Crippen molar-refractivity contribution in [3.8, 4) is 11.5 Å². The molecule has 0 aromatic heterocycles. The molecule has 2 rings (SSSR count). The average Bonchev–Trinajstić information content (AvgIpc) is 2.49. The first-order chi connectivity index (χ1) is 9.65. The molecule has 1 aliphatic carbocycles. The van der Waals surface area contributed by atoms with Crippen LogP contribution in [0.4, 0.5) is 0 Å². The summed E-state index contributed by atoms with van der Waals surface area (Å²) in [6.07, 6.45) is 2.70. The molecular formula is C15H20O5. The molecule has 1 aromatic rings. The number of esters is 1. The van der Waals surface area contributed by atoms with E-state index in [9.17, 15) is 9.90 Å². The topological polar surface area (TPSA) is 65.0 Å². The maximum atomic E-state index is 11.8. The lowest BCUT2D eigenvalue weighted by molar-refractivity contribution is 0.0549. The van der Waals surface area contributed by atoms with Crippen molar-refractivity contribution in [2.24, 2.45) is 0 Å². The fourth-order valence-electron chi connectivity index (χ4n) is 2.40. The van der Waals surface area contributed by atoms with Crippen LogP contribution in [-0.4, -0.2) is 37.5 Å². The quantitative estimate of drug-likeness (QED) is 0.856. The molecule has 20 heavy (non-hydrogen) atoms. The summed E-state index contributed by atoms with van der Waals surface area (Å²) in [5.74, 6) is 0.483. The van der Waals surface area contributed by atoms with Crippen LogP contribution in [0, 0.1) is 0 Å². The summed E-state index contributed by atoms with van der Waals surface area (Å²) in [5.41, 5.74) is 0.359. The van der Waals surface area contributed by atoms with Crippen LogP contribution in [0.2, 0.25) is 0 Å². The van der Waals surface area contributed by atoms with Crippen LogP contribution in [-0.2, 0) is 4.74 Å². The second kappa shape index (κ2) is 6.61. The Bertz CT molecular complexity index is 463. The van der Waals surface area contributed by atoms with Gasteiger partial charge in [-0.3, -0.25) is 0 Å². The van der Waals surface area contributed by atoms with E-state index >= 15 is 0 Å². The molecule has 0 heterocycles. The molecule has 110 valence electrons. The Morgan fingerprint density at radius 2 is 1.90 bits per heavy atom. The number of hydrogen-bond acceptors (Lipinski definition) is 5. The van der Waals surface area contributed by atoms with Crippen LogP contribution in [0.3, 0.4) is 0 Å². The molecule has 0 saturated heterocycles. The van der Waals surface area contributed by atoms with Gasteiger partial charge in [0.1, 0.15) is 5.56 Å². The maximum Gasteiger partial charge on any atom is 0.341 e. The minimum atomic E-state index is -0.449. The molecule has 0 amide bonds. The van der Waals surface area contributed by atoms with Crippen LogP contribution < -0.4 is 9.47 Å². The van der Waals surface area contributed by atoms with E-state index < -0.39 is 5.97 Å². The Morgan fingerprint density at radius 1 is 1.20 bits per heavy atom. The Hall–Kier alpha value is -1.75. The summed E-state index contributed by atoms with van der Waals surface area (Å²) in [7, 11) is 2.87. The highest BCUT2D eigenvalue weighted by molar-refractivity contribution is 5.93. The van der Waals surface area contributed by atoms with E-state index in [0.717, 1.165) is 12.8 Å². The van der Waals surface area contributed by atoms with Crippen molar-refractivity contribution in [2.75, 3.05) is 14.2 Å². The molecule has 5 nitrogen and oxygen atoms in total. The maximum absolute atomic E-state index is 11.8. The molecule has 0 spiro atoms. The van der Waals surface area contributed by atoms with Gasteiger partial charge in [0, 0.05) is 0 Å². The molecule has 0 atom stereocenters. The number of methoxy groups -OCH3 is 2. The van der Waals surface area contributed by atoms with Crippen molar-refractivity contribution in [2.45, 2.75) is 37.9 Å². The molecule has 1 aromatic carbocycles. The Morgan fingerprint density at radius 3 is 2.50 bits per heavy atom. The van der Waals surface area contributed by atoms with Gasteiger partial charge in [-0.2, -0.15) is 0 Å². The number of benzene rings is 1. The lowest BCUT2D eigenvalue weighted by atomic mass is 9.95. The summed E-state index contributed by atoms with van der Waals surface area (Å²) in [6.45, 7) is 0. The number of carbonyl (C=O) groups excluding carboxylic acids is 1. The van der Waals surface area contributed by atoms with Gasteiger partial charge in [-0.25, -0.2) is 4.79 Å². The zero-order valence-corrected chi connectivity index (χ0v) is 11.8. The molecule has 1 N–H and O–H groups in total. The first kappa shape index (κ1) is 14.7. The number of carbonyl (C=O) groups is 1. The third-order valence-electron chi connectivity index (χ3n) is 3.53. The predicted molar refractivity (Wildman–Crippen MR) is 73.2 cm³/mol. The first-order valence-electron chi connectivity index (χ1n) is 6.75. The largest absolute Gasteiger partial charge is 0.493 e. The van der Waals surface area contributed by atoms with Crippen molar-refractivity contribution in [3.05, 3.63) is 23.8 Å². The van der Waals surface area contributed by atoms with Gasteiger partial charge in [-0.05, 0) is 37.8 Å². The Labute approximate surface area is 118 Å². The fourth-order valence-corrected chi connectivity index (χ4v) is 2.40. The lowest BCUT2D eigenvalue weighted by Gasteiger charge is -2.27. The summed E-state index contributed by atoms with van der Waals surface area (Å²) in [4.78, 5) is 11.8. The zero-order valence-electron chi connectivity index (χ0n) is 11.8. The van der Waals surface area contributed by atoms with Crippen molar-refractivity contribution < 1.29 is 24.1 Å². The first-order valence-corrected chi connectivity index (χ1v) is 6.75. The van der Waals surface area contributed by atoms with Gasteiger partial charge in [0.2, 0.25) is 0 Å². The number of hydrogen-bond donors (Lipinski definition) is 1. The summed E-state index contributed by atoms with van der Waals surface area (Å²) in [5, 5.41) is 9.52. The molecule has 5 heteroatoms. The Kier molecular flexibility index (Phi) is 4.84. The van der Waals surface area contributed by atoms with Crippen molar-refractivity contribution in [3.63, 3.8) is 0 Å². The van der Waals surface area contributed by atoms with E-state index in [4.69, 9.17) is 14.2 Å². The molecule has 1 saturated carbocycles. The number of aliphatic hydroxyl groups is 1. The number of rotatable bonds is 4. The summed E-state index contributed by atoms with van der Waals surface area (Å²) < 4.78 is 16.0. The van der Waals surface area contributed by atoms with Crippen LogP contribution >= 0.6 is 0 Å². The van der Waals surface area contributed by atoms with Crippen molar-refractivity contribution in [1.82, 2.24) is 0 Å². The van der Waals surface area contributed by atoms with E-state index in [0.29, 0.717) is 29.9 Å². The standard InChI is InChI=1S/C15H20O5/c1-18-13-5-3-4-12(15(17)19-2)14(13)20-11-8-6-10(16)7-9-11/h3-5,10-11,16H,6-9H2,1-2H3. The normalized spacial score (nSPS) is 22.1. The number of aliphatic hydroxyl groups excluding tert-OH is 1. The van der Waals surface area contributed by atoms with Gasteiger partial charge < -0.3 is 19.3 Å². The molecule has 0 aliphatic heterocycles. The van der Waals surface area contributed by atoms with E-state index in [1.54, 1.807) is 18.2 Å². The molecule has 1 fully saturated rings. The van der Waals surface area contributed by atoms with Crippen molar-refractivity contribution in [1.29, 1.82) is 0 Å². The van der Waals surface area contributed by atoms with Gasteiger partial charge in [0.25, 0.3) is 0 Å². The number of ether oxygens (including phenoxy) is 3. The van der Waals surface area contributed by atoms with Crippen LogP contribution in [0.5, 0.6) is 11.5 Å². The SMILES string of the molecule is COC(=O)c1cccc(OC)c1OC1CCC(O)CC1. The van der Waals surface area contributed by atoms with Crippen molar-refractivity contribution >= 4 is 5.97 Å². The third kappa shape index (κ3) is 3.22. The van der Waals surface area contributed by atoms with Gasteiger partial charge in [-0.1, -0.05) is 6.07 Å². The highest BCUT2D eigenvalue weighted by Crippen LogP contribution is 2.34. The second-order valence-corrected chi connectivity index (χ2v) is 4.88. The summed E-state index contributed by atoms with van der Waals surface area (Å²) in [6, 6.07) is 5.13. The van der Waals surface area contributed by atoms with E-state index in [2.05, 4.69) is 0 Å². The molecule has 0 unspecified atom stereocenters. The van der Waals surface area contributed by atoms with Crippen LogP contribution in [0.1, 0.15) is 36.0 Å². The number of para-hydroxylation sites is 1. The van der Waals surface area contributed by atoms with Crippen LogP contribution in [0.25, 0.3) is 0 Å². The fraction of sp³-hybridized carbons (Fsp3) is 0.533.